The third-order valence-corrected chi connectivity index (χ3v) is 4.79. The molecule has 1 saturated heterocycles. The molecular formula is C13H19N3O4S. The molecule has 8 heteroatoms. The molecule has 0 bridgehead atoms. The molecule has 1 aromatic rings. The van der Waals surface area contributed by atoms with E-state index in [4.69, 9.17) is 20.9 Å². The summed E-state index contributed by atoms with van der Waals surface area (Å²) in [5.74, 6) is -0.904. The lowest BCUT2D eigenvalue weighted by Gasteiger charge is -2.15. The van der Waals surface area contributed by atoms with Gasteiger partial charge in [0, 0.05) is 19.1 Å². The molecule has 21 heavy (non-hydrogen) atoms. The van der Waals surface area contributed by atoms with Crippen molar-refractivity contribution in [3.63, 3.8) is 0 Å². The molecule has 7 nitrogen and oxygen atoms in total. The first kappa shape index (κ1) is 15.6. The van der Waals surface area contributed by atoms with Crippen LogP contribution in [0.15, 0.2) is 0 Å². The fraction of sp³-hybridized carbons (Fsp3) is 0.538. The maximum Gasteiger partial charge on any atom is 0.343 e. The standard InChI is InChI=1S/C13H19N3O4S/c1-6-7(3-4-20-6)5-16-12-8(13(18)19-2)9(14)10(21-12)11(15)17/h6-7,16H,3-5,14H2,1-2H3,(H2,15,17). The summed E-state index contributed by atoms with van der Waals surface area (Å²) >= 11 is 1.07. The van der Waals surface area contributed by atoms with Gasteiger partial charge in [0.15, 0.2) is 0 Å². The van der Waals surface area contributed by atoms with Gasteiger partial charge in [-0.05, 0) is 13.3 Å². The van der Waals surface area contributed by atoms with Crippen molar-refractivity contribution in [2.45, 2.75) is 19.4 Å². The Hall–Kier alpha value is -1.80. The zero-order valence-corrected chi connectivity index (χ0v) is 12.8. The van der Waals surface area contributed by atoms with Crippen molar-refractivity contribution in [3.05, 3.63) is 10.4 Å². The van der Waals surface area contributed by atoms with Crippen molar-refractivity contribution in [3.8, 4) is 0 Å². The van der Waals surface area contributed by atoms with Crippen LogP contribution >= 0.6 is 11.3 Å². The summed E-state index contributed by atoms with van der Waals surface area (Å²) in [6.07, 6.45) is 1.11. The van der Waals surface area contributed by atoms with E-state index in [0.717, 1.165) is 24.4 Å². The molecule has 1 fully saturated rings. The SMILES string of the molecule is COC(=O)c1c(NCC2CCOC2C)sc(C(N)=O)c1N. The number of nitrogen functional groups attached to an aromatic ring is 1. The van der Waals surface area contributed by atoms with Crippen molar-refractivity contribution in [2.24, 2.45) is 11.7 Å². The van der Waals surface area contributed by atoms with Crippen molar-refractivity contribution in [2.75, 3.05) is 31.3 Å². The second-order valence-electron chi connectivity index (χ2n) is 4.91. The highest BCUT2D eigenvalue weighted by Gasteiger charge is 2.28. The lowest BCUT2D eigenvalue weighted by atomic mass is 10.0. The number of hydrogen-bond acceptors (Lipinski definition) is 7. The van der Waals surface area contributed by atoms with Crippen LogP contribution in [0.2, 0.25) is 0 Å². The van der Waals surface area contributed by atoms with Gasteiger partial charge in [0.25, 0.3) is 5.91 Å². The quantitative estimate of drug-likeness (QED) is 0.700. The maximum atomic E-state index is 11.8. The van der Waals surface area contributed by atoms with Gasteiger partial charge < -0.3 is 26.3 Å². The molecule has 0 aromatic carbocycles. The largest absolute Gasteiger partial charge is 0.465 e. The molecule has 1 aliphatic heterocycles. The molecule has 0 saturated carbocycles. The number of carbonyl (C=O) groups is 2. The normalized spacial score (nSPS) is 21.2. The van der Waals surface area contributed by atoms with Crippen molar-refractivity contribution in [1.29, 1.82) is 0 Å². The number of nitrogens with one attached hydrogen (secondary N) is 1. The monoisotopic (exact) mass is 313 g/mol. The van der Waals surface area contributed by atoms with Crippen LogP contribution in [-0.4, -0.2) is 38.2 Å². The van der Waals surface area contributed by atoms with Crippen molar-refractivity contribution >= 4 is 33.9 Å². The van der Waals surface area contributed by atoms with E-state index in [-0.39, 0.29) is 22.2 Å². The molecule has 1 aromatic heterocycles. The van der Waals surface area contributed by atoms with Crippen LogP contribution in [0.4, 0.5) is 10.7 Å². The number of esters is 1. The highest BCUT2D eigenvalue weighted by Crippen LogP contribution is 2.36. The van der Waals surface area contributed by atoms with E-state index in [0.29, 0.717) is 17.5 Å². The Morgan fingerprint density at radius 2 is 2.24 bits per heavy atom. The molecule has 2 atom stereocenters. The molecule has 2 unspecified atom stereocenters. The van der Waals surface area contributed by atoms with Gasteiger partial charge in [0.2, 0.25) is 0 Å². The summed E-state index contributed by atoms with van der Waals surface area (Å²) in [6.45, 7) is 3.37. The number of nitrogens with two attached hydrogens (primary N) is 2. The Morgan fingerprint density at radius 3 is 2.76 bits per heavy atom. The van der Waals surface area contributed by atoms with E-state index in [2.05, 4.69) is 5.32 Å². The van der Waals surface area contributed by atoms with Gasteiger partial charge in [-0.3, -0.25) is 4.79 Å². The molecule has 116 valence electrons. The minimum Gasteiger partial charge on any atom is -0.465 e. The molecule has 0 spiro atoms. The summed E-state index contributed by atoms with van der Waals surface area (Å²) in [4.78, 5) is 23.4. The van der Waals surface area contributed by atoms with Gasteiger partial charge in [0.1, 0.15) is 15.4 Å². The molecule has 2 rings (SSSR count). The molecule has 0 aliphatic carbocycles. The number of carbonyl (C=O) groups excluding carboxylic acids is 2. The Kier molecular flexibility index (Phi) is 4.69. The summed E-state index contributed by atoms with van der Waals surface area (Å²) in [5.41, 5.74) is 11.3. The third-order valence-electron chi connectivity index (χ3n) is 3.62. The summed E-state index contributed by atoms with van der Waals surface area (Å²) in [5, 5.41) is 3.67. The van der Waals surface area contributed by atoms with Crippen LogP contribution in [0.3, 0.4) is 0 Å². The molecule has 2 heterocycles. The zero-order chi connectivity index (χ0) is 15.6. The van der Waals surface area contributed by atoms with Gasteiger partial charge in [-0.1, -0.05) is 0 Å². The number of thiophene rings is 1. The van der Waals surface area contributed by atoms with Crippen LogP contribution in [0, 0.1) is 5.92 Å². The zero-order valence-electron chi connectivity index (χ0n) is 12.0. The van der Waals surface area contributed by atoms with Crippen LogP contribution < -0.4 is 16.8 Å². The minimum absolute atomic E-state index is 0.0672. The average Bonchev–Trinajstić information content (AvgIpc) is 2.99. The molecule has 1 amide bonds. The third kappa shape index (κ3) is 3.11. The van der Waals surface area contributed by atoms with Gasteiger partial charge in [-0.2, -0.15) is 0 Å². The second kappa shape index (κ2) is 6.31. The van der Waals surface area contributed by atoms with Crippen LogP contribution in [0.25, 0.3) is 0 Å². The first-order valence-electron chi connectivity index (χ1n) is 6.61. The van der Waals surface area contributed by atoms with E-state index < -0.39 is 11.9 Å². The van der Waals surface area contributed by atoms with E-state index in [9.17, 15) is 9.59 Å². The predicted molar refractivity (Wildman–Crippen MR) is 80.6 cm³/mol. The Morgan fingerprint density at radius 1 is 1.52 bits per heavy atom. The Balaban J connectivity index is 2.22. The number of amides is 1. The molecule has 1 aliphatic rings. The Bertz CT molecular complexity index is 558. The minimum atomic E-state index is -0.659. The number of rotatable bonds is 5. The topological polar surface area (TPSA) is 117 Å². The van der Waals surface area contributed by atoms with E-state index >= 15 is 0 Å². The van der Waals surface area contributed by atoms with Gasteiger partial charge >= 0.3 is 5.97 Å². The Labute approximate surface area is 126 Å². The molecule has 5 N–H and O–H groups in total. The van der Waals surface area contributed by atoms with Gasteiger partial charge in [-0.25, -0.2) is 4.79 Å². The number of anilines is 2. The summed E-state index contributed by atoms with van der Waals surface area (Å²) < 4.78 is 10.2. The first-order valence-corrected chi connectivity index (χ1v) is 7.43. The lowest BCUT2D eigenvalue weighted by molar-refractivity contribution is 0.0603. The van der Waals surface area contributed by atoms with Crippen LogP contribution in [0.5, 0.6) is 0 Å². The maximum absolute atomic E-state index is 11.8. The van der Waals surface area contributed by atoms with Crippen LogP contribution in [0.1, 0.15) is 33.4 Å². The fourth-order valence-electron chi connectivity index (χ4n) is 2.32. The first-order chi connectivity index (χ1) is 9.95. The highest BCUT2D eigenvalue weighted by molar-refractivity contribution is 7.19. The number of methoxy groups -OCH3 is 1. The van der Waals surface area contributed by atoms with E-state index in [1.165, 1.54) is 7.11 Å². The fourth-order valence-corrected chi connectivity index (χ4v) is 3.29. The lowest BCUT2D eigenvalue weighted by Crippen LogP contribution is -2.21. The second-order valence-corrected chi connectivity index (χ2v) is 5.93. The molecule has 0 radical (unpaired) electrons. The van der Waals surface area contributed by atoms with Crippen molar-refractivity contribution in [1.82, 2.24) is 0 Å². The van der Waals surface area contributed by atoms with Crippen molar-refractivity contribution < 1.29 is 19.1 Å². The number of primary amides is 1. The van der Waals surface area contributed by atoms with E-state index in [1.807, 2.05) is 6.92 Å². The predicted octanol–water partition coefficient (Wildman–Crippen LogP) is 1.05. The number of ether oxygens (including phenoxy) is 2. The highest BCUT2D eigenvalue weighted by atomic mass is 32.1. The molecular weight excluding hydrogens is 294 g/mol. The average molecular weight is 313 g/mol. The van der Waals surface area contributed by atoms with E-state index in [1.54, 1.807) is 0 Å². The summed E-state index contributed by atoms with van der Waals surface area (Å²) in [6, 6.07) is 0. The van der Waals surface area contributed by atoms with Gasteiger partial charge in [-0.15, -0.1) is 11.3 Å². The number of hydrogen-bond donors (Lipinski definition) is 3. The smallest absolute Gasteiger partial charge is 0.343 e. The van der Waals surface area contributed by atoms with Gasteiger partial charge in [0.05, 0.1) is 18.9 Å². The van der Waals surface area contributed by atoms with Crippen LogP contribution in [-0.2, 0) is 9.47 Å². The summed E-state index contributed by atoms with van der Waals surface area (Å²) in [7, 11) is 1.26.